The Balaban J connectivity index is 1.64. The molecule has 1 aliphatic rings. The first-order valence-corrected chi connectivity index (χ1v) is 9.12. The minimum atomic E-state index is -0.224. The van der Waals surface area contributed by atoms with E-state index in [1.54, 1.807) is 19.1 Å². The van der Waals surface area contributed by atoms with Gasteiger partial charge in [0.05, 0.1) is 0 Å². The van der Waals surface area contributed by atoms with Crippen molar-refractivity contribution in [2.45, 2.75) is 20.3 Å². The molecule has 1 aliphatic heterocycles. The summed E-state index contributed by atoms with van der Waals surface area (Å²) in [5, 5.41) is 4.24. The van der Waals surface area contributed by atoms with Crippen molar-refractivity contribution in [3.8, 4) is 0 Å². The number of guanidine groups is 1. The number of H-pyrrole nitrogens is 1. The zero-order valence-corrected chi connectivity index (χ0v) is 15.4. The molecule has 1 aromatic heterocycles. The van der Waals surface area contributed by atoms with Gasteiger partial charge in [-0.25, -0.2) is 4.39 Å². The number of aliphatic imine (C=N–C) groups is 1. The number of nitrogens with one attached hydrogen (secondary N) is 2. The first kappa shape index (κ1) is 18.2. The van der Waals surface area contributed by atoms with E-state index in [-0.39, 0.29) is 11.7 Å². The summed E-state index contributed by atoms with van der Waals surface area (Å²) in [6.45, 7) is 8.09. The fourth-order valence-electron chi connectivity index (χ4n) is 3.30. The molecule has 6 nitrogen and oxygen atoms in total. The topological polar surface area (TPSA) is 63.7 Å². The van der Waals surface area contributed by atoms with Crippen LogP contribution in [0.5, 0.6) is 0 Å². The van der Waals surface area contributed by atoms with E-state index < -0.39 is 0 Å². The number of amides is 1. The summed E-state index contributed by atoms with van der Waals surface area (Å²) >= 11 is 0. The molecule has 2 aromatic rings. The van der Waals surface area contributed by atoms with Crippen molar-refractivity contribution < 1.29 is 9.18 Å². The first-order chi connectivity index (χ1) is 12.6. The maximum Gasteiger partial charge on any atom is 0.219 e. The number of benzene rings is 1. The number of piperazine rings is 1. The number of aromatic nitrogens is 1. The van der Waals surface area contributed by atoms with Crippen LogP contribution in [-0.4, -0.2) is 65.9 Å². The third-order valence-electron chi connectivity index (χ3n) is 4.73. The van der Waals surface area contributed by atoms with Crippen molar-refractivity contribution in [2.75, 3.05) is 39.3 Å². The molecule has 26 heavy (non-hydrogen) atoms. The fourth-order valence-corrected chi connectivity index (χ4v) is 3.30. The average Bonchev–Trinajstić information content (AvgIpc) is 3.03. The lowest BCUT2D eigenvalue weighted by Crippen LogP contribution is -2.53. The van der Waals surface area contributed by atoms with E-state index in [1.807, 2.05) is 18.0 Å². The van der Waals surface area contributed by atoms with Gasteiger partial charge >= 0.3 is 0 Å². The van der Waals surface area contributed by atoms with Crippen LogP contribution in [0.1, 0.15) is 19.4 Å². The SMILES string of the molecule is CCNC(=NCCc1c[nH]c2ccc(F)cc12)N1CCN(C(C)=O)CC1. The second-order valence-electron chi connectivity index (χ2n) is 6.48. The number of rotatable bonds is 4. The van der Waals surface area contributed by atoms with Crippen LogP contribution in [0.15, 0.2) is 29.4 Å². The van der Waals surface area contributed by atoms with Crippen molar-refractivity contribution in [1.29, 1.82) is 0 Å². The Kier molecular flexibility index (Phi) is 5.75. The summed E-state index contributed by atoms with van der Waals surface area (Å²) in [5.74, 6) is 0.776. The van der Waals surface area contributed by atoms with E-state index in [2.05, 4.69) is 15.2 Å². The molecular weight excluding hydrogens is 333 g/mol. The summed E-state index contributed by atoms with van der Waals surface area (Å²) in [6.07, 6.45) is 2.67. The molecule has 0 spiro atoms. The van der Waals surface area contributed by atoms with Crippen LogP contribution < -0.4 is 5.32 Å². The molecule has 1 saturated heterocycles. The van der Waals surface area contributed by atoms with Crippen molar-refractivity contribution in [2.24, 2.45) is 4.99 Å². The Bertz CT molecular complexity index is 792. The number of hydrogen-bond donors (Lipinski definition) is 2. The molecular formula is C19H26FN5O. The zero-order chi connectivity index (χ0) is 18.5. The van der Waals surface area contributed by atoms with E-state index in [4.69, 9.17) is 4.99 Å². The number of halogens is 1. The van der Waals surface area contributed by atoms with Crippen molar-refractivity contribution in [1.82, 2.24) is 20.1 Å². The van der Waals surface area contributed by atoms with Gasteiger partial charge in [0.1, 0.15) is 5.82 Å². The minimum absolute atomic E-state index is 0.123. The Morgan fingerprint density at radius 2 is 2.00 bits per heavy atom. The second kappa shape index (κ2) is 8.21. The van der Waals surface area contributed by atoms with Crippen molar-refractivity contribution >= 4 is 22.8 Å². The quantitative estimate of drug-likeness (QED) is 0.648. The average molecular weight is 359 g/mol. The zero-order valence-electron chi connectivity index (χ0n) is 15.4. The van der Waals surface area contributed by atoms with Gasteiger partial charge in [-0.3, -0.25) is 9.79 Å². The van der Waals surface area contributed by atoms with Crippen LogP contribution in [0.2, 0.25) is 0 Å². The van der Waals surface area contributed by atoms with Gasteiger partial charge in [0, 0.05) is 63.3 Å². The lowest BCUT2D eigenvalue weighted by molar-refractivity contribution is -0.130. The molecule has 0 radical (unpaired) electrons. The standard InChI is InChI=1S/C19H26FN5O/c1-3-21-19(25-10-8-24(9-11-25)14(2)26)22-7-6-15-13-23-18-5-4-16(20)12-17(15)18/h4-5,12-13,23H,3,6-11H2,1-2H3,(H,21,22). The number of fused-ring (bicyclic) bond motifs is 1. The van der Waals surface area contributed by atoms with Gasteiger partial charge in [-0.05, 0) is 37.1 Å². The summed E-state index contributed by atoms with van der Waals surface area (Å²) in [4.78, 5) is 23.4. The van der Waals surface area contributed by atoms with Gasteiger partial charge in [0.2, 0.25) is 5.91 Å². The summed E-state index contributed by atoms with van der Waals surface area (Å²) < 4.78 is 13.5. The highest BCUT2D eigenvalue weighted by Gasteiger charge is 2.20. The van der Waals surface area contributed by atoms with Gasteiger partial charge in [-0.1, -0.05) is 0 Å². The molecule has 0 atom stereocenters. The third-order valence-corrected chi connectivity index (χ3v) is 4.73. The Morgan fingerprint density at radius 3 is 2.69 bits per heavy atom. The van der Waals surface area contributed by atoms with Gasteiger partial charge < -0.3 is 20.1 Å². The Labute approximate surface area is 153 Å². The van der Waals surface area contributed by atoms with E-state index in [9.17, 15) is 9.18 Å². The van der Waals surface area contributed by atoms with Crippen LogP contribution >= 0.6 is 0 Å². The predicted octanol–water partition coefficient (Wildman–Crippen LogP) is 1.98. The summed E-state index contributed by atoms with van der Waals surface area (Å²) in [7, 11) is 0. The first-order valence-electron chi connectivity index (χ1n) is 9.12. The van der Waals surface area contributed by atoms with Crippen LogP contribution in [0.4, 0.5) is 4.39 Å². The van der Waals surface area contributed by atoms with E-state index in [0.717, 1.165) is 61.6 Å². The molecule has 140 valence electrons. The van der Waals surface area contributed by atoms with Crippen LogP contribution in [0.25, 0.3) is 10.9 Å². The molecule has 1 amide bonds. The van der Waals surface area contributed by atoms with Crippen molar-refractivity contribution in [3.63, 3.8) is 0 Å². The highest BCUT2D eigenvalue weighted by atomic mass is 19.1. The third kappa shape index (κ3) is 4.15. The number of nitrogens with zero attached hydrogens (tertiary/aromatic N) is 3. The number of aromatic amines is 1. The number of hydrogen-bond acceptors (Lipinski definition) is 2. The van der Waals surface area contributed by atoms with Gasteiger partial charge in [0.25, 0.3) is 0 Å². The number of carbonyl (C=O) groups is 1. The predicted molar refractivity (Wildman–Crippen MR) is 102 cm³/mol. The molecule has 2 heterocycles. The lowest BCUT2D eigenvalue weighted by atomic mass is 10.1. The van der Waals surface area contributed by atoms with E-state index in [0.29, 0.717) is 6.54 Å². The highest BCUT2D eigenvalue weighted by molar-refractivity contribution is 5.83. The maximum absolute atomic E-state index is 13.5. The lowest BCUT2D eigenvalue weighted by Gasteiger charge is -2.36. The maximum atomic E-state index is 13.5. The molecule has 0 aliphatic carbocycles. The largest absolute Gasteiger partial charge is 0.361 e. The van der Waals surface area contributed by atoms with Gasteiger partial charge in [-0.2, -0.15) is 0 Å². The van der Waals surface area contributed by atoms with E-state index in [1.165, 1.54) is 6.07 Å². The minimum Gasteiger partial charge on any atom is -0.361 e. The molecule has 1 aromatic carbocycles. The molecule has 2 N–H and O–H groups in total. The molecule has 1 fully saturated rings. The van der Waals surface area contributed by atoms with Gasteiger partial charge in [-0.15, -0.1) is 0 Å². The van der Waals surface area contributed by atoms with Crippen LogP contribution in [0.3, 0.4) is 0 Å². The highest BCUT2D eigenvalue weighted by Crippen LogP contribution is 2.19. The molecule has 0 unspecified atom stereocenters. The van der Waals surface area contributed by atoms with Crippen LogP contribution in [0, 0.1) is 5.82 Å². The summed E-state index contributed by atoms with van der Waals surface area (Å²) in [6, 6.07) is 4.79. The van der Waals surface area contributed by atoms with Gasteiger partial charge in [0.15, 0.2) is 5.96 Å². The Hall–Kier alpha value is -2.57. The fraction of sp³-hybridized carbons (Fsp3) is 0.474. The Morgan fingerprint density at radius 1 is 1.27 bits per heavy atom. The summed E-state index contributed by atoms with van der Waals surface area (Å²) in [5.41, 5.74) is 2.01. The molecule has 0 saturated carbocycles. The van der Waals surface area contributed by atoms with E-state index >= 15 is 0 Å². The molecule has 0 bridgehead atoms. The second-order valence-corrected chi connectivity index (χ2v) is 6.48. The number of carbonyl (C=O) groups excluding carboxylic acids is 1. The van der Waals surface area contributed by atoms with Crippen LogP contribution in [-0.2, 0) is 11.2 Å². The smallest absolute Gasteiger partial charge is 0.219 e. The molecule has 3 rings (SSSR count). The van der Waals surface area contributed by atoms with Crippen molar-refractivity contribution in [3.05, 3.63) is 35.8 Å². The normalized spacial score (nSPS) is 15.6. The monoisotopic (exact) mass is 359 g/mol. The molecule has 7 heteroatoms.